The van der Waals surface area contributed by atoms with Gasteiger partial charge in [-0.25, -0.2) is 0 Å². The van der Waals surface area contributed by atoms with Crippen molar-refractivity contribution in [2.75, 3.05) is 0 Å². The van der Waals surface area contributed by atoms with Gasteiger partial charge in [0.25, 0.3) is 0 Å². The zero-order valence-corrected chi connectivity index (χ0v) is 8.81. The summed E-state index contributed by atoms with van der Waals surface area (Å²) in [5, 5.41) is 28.1. The topological polar surface area (TPSA) is 60.7 Å². The van der Waals surface area contributed by atoms with Crippen LogP contribution in [0.25, 0.3) is 11.1 Å². The fraction of sp³-hybridized carbons (Fsp3) is 0.0769. The number of aryl methyl sites for hydroxylation is 1. The van der Waals surface area contributed by atoms with Gasteiger partial charge >= 0.3 is 0 Å². The number of benzene rings is 2. The number of phenolic OH excluding ortho intramolecular Hbond substituents is 3. The van der Waals surface area contributed by atoms with Crippen molar-refractivity contribution in [1.29, 1.82) is 0 Å². The standard InChI is InChI=1S/C13H12O3/c1-8-4-2-3-5-10(8)9-6-11(14)13(16)12(15)7-9/h2-7,14-16H,1H3. The van der Waals surface area contributed by atoms with Gasteiger partial charge in [0, 0.05) is 0 Å². The van der Waals surface area contributed by atoms with E-state index in [-0.39, 0.29) is 11.5 Å². The molecule has 0 aliphatic heterocycles. The van der Waals surface area contributed by atoms with Crippen LogP contribution in [-0.2, 0) is 0 Å². The minimum atomic E-state index is -0.489. The molecule has 0 radical (unpaired) electrons. The van der Waals surface area contributed by atoms with Crippen LogP contribution in [0.15, 0.2) is 36.4 Å². The van der Waals surface area contributed by atoms with E-state index in [0.717, 1.165) is 11.1 Å². The first kappa shape index (κ1) is 10.4. The van der Waals surface area contributed by atoms with E-state index < -0.39 is 5.75 Å². The maximum atomic E-state index is 9.42. The van der Waals surface area contributed by atoms with Gasteiger partial charge in [-0.05, 0) is 35.7 Å². The highest BCUT2D eigenvalue weighted by atomic mass is 16.3. The molecule has 0 aromatic heterocycles. The minimum absolute atomic E-state index is 0.321. The van der Waals surface area contributed by atoms with E-state index >= 15 is 0 Å². The van der Waals surface area contributed by atoms with Crippen molar-refractivity contribution < 1.29 is 15.3 Å². The summed E-state index contributed by atoms with van der Waals surface area (Å²) < 4.78 is 0. The van der Waals surface area contributed by atoms with E-state index in [1.807, 2.05) is 31.2 Å². The normalized spacial score (nSPS) is 10.3. The van der Waals surface area contributed by atoms with Gasteiger partial charge < -0.3 is 15.3 Å². The molecule has 0 aliphatic carbocycles. The zero-order chi connectivity index (χ0) is 11.7. The van der Waals surface area contributed by atoms with Gasteiger partial charge in [0.15, 0.2) is 17.2 Å². The highest BCUT2D eigenvalue weighted by Gasteiger charge is 2.10. The van der Waals surface area contributed by atoms with E-state index in [9.17, 15) is 15.3 Å². The van der Waals surface area contributed by atoms with Gasteiger partial charge in [-0.2, -0.15) is 0 Å². The molecule has 2 aromatic rings. The molecular weight excluding hydrogens is 204 g/mol. The largest absolute Gasteiger partial charge is 0.504 e. The van der Waals surface area contributed by atoms with E-state index in [2.05, 4.69) is 0 Å². The minimum Gasteiger partial charge on any atom is -0.504 e. The Hall–Kier alpha value is -2.16. The average Bonchev–Trinajstić information content (AvgIpc) is 2.26. The van der Waals surface area contributed by atoms with Crippen LogP contribution in [-0.4, -0.2) is 15.3 Å². The third-order valence-corrected chi connectivity index (χ3v) is 2.53. The summed E-state index contributed by atoms with van der Waals surface area (Å²) >= 11 is 0. The maximum absolute atomic E-state index is 9.42. The molecular formula is C13H12O3. The summed E-state index contributed by atoms with van der Waals surface area (Å²) in [6.45, 7) is 1.94. The molecule has 16 heavy (non-hydrogen) atoms. The molecule has 0 amide bonds. The molecule has 0 unspecified atom stereocenters. The van der Waals surface area contributed by atoms with Crippen molar-refractivity contribution in [2.45, 2.75) is 6.92 Å². The van der Waals surface area contributed by atoms with Crippen molar-refractivity contribution in [3.05, 3.63) is 42.0 Å². The fourth-order valence-corrected chi connectivity index (χ4v) is 1.66. The van der Waals surface area contributed by atoms with Gasteiger partial charge in [0.05, 0.1) is 0 Å². The molecule has 2 rings (SSSR count). The van der Waals surface area contributed by atoms with Crippen molar-refractivity contribution in [1.82, 2.24) is 0 Å². The van der Waals surface area contributed by atoms with Crippen LogP contribution in [0.4, 0.5) is 0 Å². The predicted octanol–water partition coefficient (Wildman–Crippen LogP) is 2.78. The molecule has 0 atom stereocenters. The molecule has 3 N–H and O–H groups in total. The summed E-state index contributed by atoms with van der Waals surface area (Å²) in [6, 6.07) is 10.5. The number of hydrogen-bond acceptors (Lipinski definition) is 3. The number of hydrogen-bond donors (Lipinski definition) is 3. The Morgan fingerprint density at radius 1 is 0.875 bits per heavy atom. The predicted molar refractivity (Wildman–Crippen MR) is 61.6 cm³/mol. The Balaban J connectivity index is 2.62. The van der Waals surface area contributed by atoms with E-state index in [1.165, 1.54) is 12.1 Å². The first-order valence-corrected chi connectivity index (χ1v) is 4.90. The summed E-state index contributed by atoms with van der Waals surface area (Å²) in [4.78, 5) is 0. The lowest BCUT2D eigenvalue weighted by Crippen LogP contribution is -1.83. The second-order valence-corrected chi connectivity index (χ2v) is 3.68. The first-order chi connectivity index (χ1) is 7.59. The highest BCUT2D eigenvalue weighted by Crippen LogP contribution is 2.39. The summed E-state index contributed by atoms with van der Waals surface area (Å²) in [5.41, 5.74) is 2.62. The quantitative estimate of drug-likeness (QED) is 0.642. The maximum Gasteiger partial charge on any atom is 0.200 e. The van der Waals surface area contributed by atoms with Crippen molar-refractivity contribution in [2.24, 2.45) is 0 Å². The molecule has 82 valence electrons. The molecule has 0 fully saturated rings. The van der Waals surface area contributed by atoms with Crippen LogP contribution in [0.3, 0.4) is 0 Å². The molecule has 3 nitrogen and oxygen atoms in total. The second kappa shape index (κ2) is 3.77. The average molecular weight is 216 g/mol. The van der Waals surface area contributed by atoms with E-state index in [0.29, 0.717) is 5.56 Å². The van der Waals surface area contributed by atoms with Crippen molar-refractivity contribution in [3.63, 3.8) is 0 Å². The summed E-state index contributed by atoms with van der Waals surface area (Å²) in [6.07, 6.45) is 0. The third kappa shape index (κ3) is 1.67. The molecule has 0 saturated heterocycles. The molecule has 0 aliphatic rings. The highest BCUT2D eigenvalue weighted by molar-refractivity contribution is 5.72. The second-order valence-electron chi connectivity index (χ2n) is 3.68. The van der Waals surface area contributed by atoms with Gasteiger partial charge in [0.2, 0.25) is 0 Å². The Bertz CT molecular complexity index is 509. The van der Waals surface area contributed by atoms with E-state index in [1.54, 1.807) is 0 Å². The van der Waals surface area contributed by atoms with Crippen molar-refractivity contribution >= 4 is 0 Å². The lowest BCUT2D eigenvalue weighted by Gasteiger charge is -2.08. The van der Waals surface area contributed by atoms with Crippen LogP contribution in [0, 0.1) is 6.92 Å². The summed E-state index contributed by atoms with van der Waals surface area (Å²) in [7, 11) is 0. The smallest absolute Gasteiger partial charge is 0.200 e. The molecule has 0 bridgehead atoms. The van der Waals surface area contributed by atoms with Gasteiger partial charge in [0.1, 0.15) is 0 Å². The van der Waals surface area contributed by atoms with Gasteiger partial charge in [-0.1, -0.05) is 24.3 Å². The number of rotatable bonds is 1. The van der Waals surface area contributed by atoms with Crippen LogP contribution in [0.2, 0.25) is 0 Å². The summed E-state index contributed by atoms with van der Waals surface area (Å²) in [5.74, 6) is -1.13. The van der Waals surface area contributed by atoms with Crippen LogP contribution < -0.4 is 0 Å². The Morgan fingerprint density at radius 3 is 2.00 bits per heavy atom. The van der Waals surface area contributed by atoms with Gasteiger partial charge in [-0.15, -0.1) is 0 Å². The third-order valence-electron chi connectivity index (χ3n) is 2.53. The number of phenols is 3. The Labute approximate surface area is 93.2 Å². The SMILES string of the molecule is Cc1ccccc1-c1cc(O)c(O)c(O)c1. The monoisotopic (exact) mass is 216 g/mol. The molecule has 0 spiro atoms. The first-order valence-electron chi connectivity index (χ1n) is 4.90. The molecule has 0 heterocycles. The Morgan fingerprint density at radius 2 is 1.44 bits per heavy atom. The fourth-order valence-electron chi connectivity index (χ4n) is 1.66. The van der Waals surface area contributed by atoms with Crippen LogP contribution in [0.5, 0.6) is 17.2 Å². The lowest BCUT2D eigenvalue weighted by molar-refractivity contribution is 0.368. The molecule has 2 aromatic carbocycles. The number of aromatic hydroxyl groups is 3. The molecule has 0 saturated carbocycles. The van der Waals surface area contributed by atoms with Crippen LogP contribution >= 0.6 is 0 Å². The van der Waals surface area contributed by atoms with Gasteiger partial charge in [-0.3, -0.25) is 0 Å². The van der Waals surface area contributed by atoms with Crippen molar-refractivity contribution in [3.8, 4) is 28.4 Å². The zero-order valence-electron chi connectivity index (χ0n) is 8.81. The molecule has 3 heteroatoms. The lowest BCUT2D eigenvalue weighted by atomic mass is 10.00. The van der Waals surface area contributed by atoms with E-state index in [4.69, 9.17) is 0 Å². The van der Waals surface area contributed by atoms with Crippen LogP contribution in [0.1, 0.15) is 5.56 Å². The Kier molecular flexibility index (Phi) is 2.44.